The lowest BCUT2D eigenvalue weighted by Crippen LogP contribution is -2.19. The molecule has 0 radical (unpaired) electrons. The highest BCUT2D eigenvalue weighted by atomic mass is 32.1. The maximum atomic E-state index is 4.74. The van der Waals surface area contributed by atoms with Gasteiger partial charge in [0.05, 0.1) is 10.7 Å². The molecule has 0 unspecified atom stereocenters. The first kappa shape index (κ1) is 9.79. The van der Waals surface area contributed by atoms with E-state index in [0.717, 1.165) is 19.0 Å². The van der Waals surface area contributed by atoms with Crippen LogP contribution in [0.25, 0.3) is 0 Å². The van der Waals surface area contributed by atoms with E-state index in [0.29, 0.717) is 5.41 Å². The van der Waals surface area contributed by atoms with Crippen molar-refractivity contribution in [2.24, 2.45) is 0 Å². The Morgan fingerprint density at radius 3 is 3.00 bits per heavy atom. The number of nitrogens with one attached hydrogen (secondary N) is 1. The van der Waals surface area contributed by atoms with Gasteiger partial charge in [-0.15, -0.1) is 11.3 Å². The summed E-state index contributed by atoms with van der Waals surface area (Å²) in [5, 5.41) is 7.14. The van der Waals surface area contributed by atoms with Gasteiger partial charge in [-0.3, -0.25) is 0 Å². The van der Waals surface area contributed by atoms with E-state index in [1.54, 1.807) is 0 Å². The third-order valence-electron chi connectivity index (χ3n) is 3.46. The van der Waals surface area contributed by atoms with Crippen molar-refractivity contribution in [1.29, 1.82) is 0 Å². The molecule has 2 fully saturated rings. The van der Waals surface area contributed by atoms with Gasteiger partial charge in [0.15, 0.2) is 0 Å². The minimum Gasteiger partial charge on any atom is -0.314 e. The van der Waals surface area contributed by atoms with E-state index < -0.39 is 0 Å². The number of hydrogen-bond donors (Lipinski definition) is 1. The van der Waals surface area contributed by atoms with Crippen molar-refractivity contribution in [2.45, 2.75) is 50.5 Å². The third kappa shape index (κ3) is 2.23. The Hall–Kier alpha value is -0.410. The number of thiazole rings is 1. The summed E-state index contributed by atoms with van der Waals surface area (Å²) in [6, 6.07) is 0.823. The van der Waals surface area contributed by atoms with Crippen LogP contribution in [0.15, 0.2) is 5.38 Å². The summed E-state index contributed by atoms with van der Waals surface area (Å²) in [7, 11) is 0. The number of nitrogens with zero attached hydrogens (tertiary/aromatic N) is 1. The van der Waals surface area contributed by atoms with E-state index in [1.807, 2.05) is 11.3 Å². The maximum absolute atomic E-state index is 4.74. The highest BCUT2D eigenvalue weighted by molar-refractivity contribution is 7.09. The fourth-order valence-corrected chi connectivity index (χ4v) is 2.87. The van der Waals surface area contributed by atoms with Crippen molar-refractivity contribution in [3.63, 3.8) is 0 Å². The molecule has 2 nitrogen and oxygen atoms in total. The van der Waals surface area contributed by atoms with Gasteiger partial charge in [-0.05, 0) is 25.7 Å². The lowest BCUT2D eigenvalue weighted by Gasteiger charge is -2.02. The van der Waals surface area contributed by atoms with Gasteiger partial charge in [-0.1, -0.05) is 6.92 Å². The largest absolute Gasteiger partial charge is 0.314 e. The van der Waals surface area contributed by atoms with Crippen LogP contribution in [-0.2, 0) is 11.8 Å². The van der Waals surface area contributed by atoms with E-state index >= 15 is 0 Å². The Morgan fingerprint density at radius 2 is 2.33 bits per heavy atom. The summed E-state index contributed by atoms with van der Waals surface area (Å²) >= 11 is 1.85. The summed E-state index contributed by atoms with van der Waals surface area (Å²) in [6.07, 6.45) is 6.52. The van der Waals surface area contributed by atoms with Gasteiger partial charge in [-0.2, -0.15) is 0 Å². The van der Waals surface area contributed by atoms with Crippen molar-refractivity contribution < 1.29 is 0 Å². The van der Waals surface area contributed by atoms with Crippen molar-refractivity contribution in [1.82, 2.24) is 10.3 Å². The third-order valence-corrected chi connectivity index (χ3v) is 4.66. The van der Waals surface area contributed by atoms with Gasteiger partial charge >= 0.3 is 0 Å². The Kier molecular flexibility index (Phi) is 2.33. The van der Waals surface area contributed by atoms with E-state index in [9.17, 15) is 0 Å². The summed E-state index contributed by atoms with van der Waals surface area (Å²) in [5.74, 6) is 0. The zero-order chi connectivity index (χ0) is 10.3. The smallest absolute Gasteiger partial charge is 0.0987 e. The predicted molar refractivity (Wildman–Crippen MR) is 63.4 cm³/mol. The maximum Gasteiger partial charge on any atom is 0.0987 e. The van der Waals surface area contributed by atoms with Crippen molar-refractivity contribution in [2.75, 3.05) is 6.54 Å². The van der Waals surface area contributed by atoms with Crippen LogP contribution in [0.5, 0.6) is 0 Å². The Bertz CT molecular complexity index is 350. The van der Waals surface area contributed by atoms with Crippen LogP contribution >= 0.6 is 11.3 Å². The molecule has 3 heteroatoms. The molecule has 1 aromatic heterocycles. The van der Waals surface area contributed by atoms with Crippen molar-refractivity contribution in [3.8, 4) is 0 Å². The molecule has 2 aliphatic carbocycles. The fourth-order valence-electron chi connectivity index (χ4n) is 1.79. The second kappa shape index (κ2) is 3.56. The van der Waals surface area contributed by atoms with Crippen LogP contribution in [0.1, 0.15) is 43.3 Å². The summed E-state index contributed by atoms with van der Waals surface area (Å²) in [6.45, 7) is 3.43. The minimum absolute atomic E-state index is 0.451. The van der Waals surface area contributed by atoms with Gasteiger partial charge < -0.3 is 5.32 Å². The van der Waals surface area contributed by atoms with Crippen LogP contribution in [0.3, 0.4) is 0 Å². The minimum atomic E-state index is 0.451. The van der Waals surface area contributed by atoms with Crippen LogP contribution < -0.4 is 5.32 Å². The summed E-state index contributed by atoms with van der Waals surface area (Å²) in [4.78, 5) is 4.74. The molecule has 15 heavy (non-hydrogen) atoms. The normalized spacial score (nSPS) is 23.0. The van der Waals surface area contributed by atoms with Crippen LogP contribution in [0, 0.1) is 0 Å². The molecule has 0 saturated heterocycles. The second-order valence-electron chi connectivity index (χ2n) is 5.18. The Labute approximate surface area is 95.1 Å². The molecule has 1 N–H and O–H groups in total. The first-order valence-corrected chi connectivity index (χ1v) is 6.82. The van der Waals surface area contributed by atoms with E-state index in [1.165, 1.54) is 36.4 Å². The second-order valence-corrected chi connectivity index (χ2v) is 6.04. The van der Waals surface area contributed by atoms with Crippen LogP contribution in [0.4, 0.5) is 0 Å². The highest BCUT2D eigenvalue weighted by Crippen LogP contribution is 2.48. The van der Waals surface area contributed by atoms with Crippen molar-refractivity contribution in [3.05, 3.63) is 16.1 Å². The molecule has 0 amide bonds. The molecule has 1 aromatic rings. The van der Waals surface area contributed by atoms with Crippen molar-refractivity contribution >= 4 is 11.3 Å². The molecule has 1 heterocycles. The highest BCUT2D eigenvalue weighted by Gasteiger charge is 2.41. The number of hydrogen-bond acceptors (Lipinski definition) is 3. The van der Waals surface area contributed by atoms with Gasteiger partial charge in [0.2, 0.25) is 0 Å². The summed E-state index contributed by atoms with van der Waals surface area (Å²) in [5.41, 5.74) is 1.74. The molecule has 2 aliphatic rings. The van der Waals surface area contributed by atoms with Gasteiger partial charge in [0, 0.05) is 29.8 Å². The summed E-state index contributed by atoms with van der Waals surface area (Å²) < 4.78 is 0. The standard InChI is InChI=1S/C12H18N2S/c1-12(5-6-12)11-14-10(8-15-11)4-7-13-9-2-3-9/h8-9,13H,2-7H2,1H3. The molecule has 0 bridgehead atoms. The molecule has 0 atom stereocenters. The molecule has 0 aromatic carbocycles. The zero-order valence-electron chi connectivity index (χ0n) is 9.25. The number of rotatable bonds is 5. The molecule has 2 saturated carbocycles. The lowest BCUT2D eigenvalue weighted by atomic mass is 10.2. The van der Waals surface area contributed by atoms with Crippen LogP contribution in [0.2, 0.25) is 0 Å². The predicted octanol–water partition coefficient (Wildman–Crippen LogP) is 2.49. The molecule has 82 valence electrons. The molecular weight excluding hydrogens is 204 g/mol. The topological polar surface area (TPSA) is 24.9 Å². The molecule has 0 aliphatic heterocycles. The van der Waals surface area contributed by atoms with E-state index in [4.69, 9.17) is 4.98 Å². The zero-order valence-corrected chi connectivity index (χ0v) is 10.1. The van der Waals surface area contributed by atoms with Crippen LogP contribution in [-0.4, -0.2) is 17.6 Å². The Balaban J connectivity index is 1.53. The first-order valence-electron chi connectivity index (χ1n) is 5.95. The first-order chi connectivity index (χ1) is 7.26. The molecular formula is C12H18N2S. The average Bonchev–Trinajstić information content (AvgIpc) is 3.11. The van der Waals surface area contributed by atoms with E-state index in [2.05, 4.69) is 17.6 Å². The van der Waals surface area contributed by atoms with E-state index in [-0.39, 0.29) is 0 Å². The average molecular weight is 222 g/mol. The lowest BCUT2D eigenvalue weighted by molar-refractivity contribution is 0.672. The quantitative estimate of drug-likeness (QED) is 0.828. The molecule has 0 spiro atoms. The molecule has 3 rings (SSSR count). The monoisotopic (exact) mass is 222 g/mol. The Morgan fingerprint density at radius 1 is 1.53 bits per heavy atom. The SMILES string of the molecule is CC1(c2nc(CCNC3CC3)cs2)CC1. The fraction of sp³-hybridized carbons (Fsp3) is 0.750. The van der Waals surface area contributed by atoms with Gasteiger partial charge in [0.1, 0.15) is 0 Å². The van der Waals surface area contributed by atoms with Gasteiger partial charge in [0.25, 0.3) is 0 Å². The van der Waals surface area contributed by atoms with Gasteiger partial charge in [-0.25, -0.2) is 4.98 Å². The number of aromatic nitrogens is 1.